The minimum Gasteiger partial charge on any atom is -0.505 e. The van der Waals surface area contributed by atoms with Crippen LogP contribution in [0.4, 0.5) is 10.5 Å². The number of hydrogen-bond acceptors (Lipinski definition) is 4. The Labute approximate surface area is 186 Å². The second-order valence-corrected chi connectivity index (χ2v) is 9.91. The van der Waals surface area contributed by atoms with E-state index in [4.69, 9.17) is 0 Å². The first-order chi connectivity index (χ1) is 14.7. The van der Waals surface area contributed by atoms with Crippen LogP contribution in [0.2, 0.25) is 0 Å². The molecule has 0 fully saturated rings. The fraction of sp³-hybridized carbons (Fsp3) is 0.320. The summed E-state index contributed by atoms with van der Waals surface area (Å²) in [6.45, 7) is 12.0. The fourth-order valence-corrected chi connectivity index (χ4v) is 3.51. The Bertz CT molecular complexity index is 1290. The number of carbonyl (C=O) groups is 2. The number of phenolic OH excluding ortho intramolecular Hbond substituents is 1. The molecule has 2 aromatic carbocycles. The lowest BCUT2D eigenvalue weighted by Gasteiger charge is -2.27. The van der Waals surface area contributed by atoms with Gasteiger partial charge in [0, 0.05) is 17.1 Å². The fourth-order valence-electron chi connectivity index (χ4n) is 3.51. The van der Waals surface area contributed by atoms with Gasteiger partial charge in [0.15, 0.2) is 0 Å². The highest BCUT2D eigenvalue weighted by Gasteiger charge is 2.26. The van der Waals surface area contributed by atoms with E-state index in [1.807, 2.05) is 47.6 Å². The summed E-state index contributed by atoms with van der Waals surface area (Å²) in [5.74, 6) is -1.47. The normalized spacial score (nSPS) is 12.1. The molecule has 0 bridgehead atoms. The average Bonchev–Trinajstić information content (AvgIpc) is 2.67. The Balaban J connectivity index is 2.20. The van der Waals surface area contributed by atoms with Crippen LogP contribution in [0, 0.1) is 0 Å². The van der Waals surface area contributed by atoms with Gasteiger partial charge in [0.25, 0.3) is 0 Å². The molecule has 1 amide bonds. The molecule has 0 aliphatic heterocycles. The number of amides is 1. The molecular weight excluding hydrogens is 408 g/mol. The topological polar surface area (TPSA) is 109 Å². The first-order valence-electron chi connectivity index (χ1n) is 10.3. The molecule has 0 saturated carbocycles. The van der Waals surface area contributed by atoms with Gasteiger partial charge in [-0.25, -0.2) is 9.59 Å². The lowest BCUT2D eigenvalue weighted by molar-refractivity contribution is 0.0695. The van der Waals surface area contributed by atoms with Crippen molar-refractivity contribution in [3.8, 4) is 5.75 Å². The molecule has 0 aliphatic rings. The summed E-state index contributed by atoms with van der Waals surface area (Å²) in [7, 11) is 0. The highest BCUT2D eigenvalue weighted by Crippen LogP contribution is 2.40. The van der Waals surface area contributed by atoms with Crippen molar-refractivity contribution in [1.29, 1.82) is 0 Å². The molecule has 0 atom stereocenters. The van der Waals surface area contributed by atoms with Crippen LogP contribution in [0.1, 0.15) is 63.0 Å². The maximum Gasteiger partial charge on any atom is 0.341 e. The number of nitrogens with one attached hydrogen (secondary N) is 1. The Morgan fingerprint density at radius 2 is 1.59 bits per heavy atom. The molecule has 0 unspecified atom stereocenters. The van der Waals surface area contributed by atoms with E-state index in [0.29, 0.717) is 5.56 Å². The molecule has 3 N–H and O–H groups in total. The predicted molar refractivity (Wildman–Crippen MR) is 125 cm³/mol. The number of rotatable bonds is 2. The first-order valence-corrected chi connectivity index (χ1v) is 10.3. The summed E-state index contributed by atoms with van der Waals surface area (Å²) in [6, 6.07) is 9.25. The number of para-hydroxylation sites is 1. The van der Waals surface area contributed by atoms with Crippen molar-refractivity contribution in [2.75, 3.05) is 5.32 Å². The van der Waals surface area contributed by atoms with Gasteiger partial charge in [0.05, 0.1) is 11.2 Å². The largest absolute Gasteiger partial charge is 0.505 e. The van der Waals surface area contributed by atoms with Gasteiger partial charge >= 0.3 is 12.0 Å². The standard InChI is InChI=1S/C25H28N2O5/c1-24(2,3)14-11-17(25(4,5)6)21(29)18(12-14)26-23(32)27-13-16(22(30)31)20(28)15-9-7-8-10-19(15)27/h7-13,29H,1-6H3,(H,26,32)(H,30,31). The van der Waals surface area contributed by atoms with E-state index in [1.54, 1.807) is 24.3 Å². The summed E-state index contributed by atoms with van der Waals surface area (Å²) in [5.41, 5.74) is 0.280. The third-order valence-electron chi connectivity index (χ3n) is 5.39. The number of nitrogens with zero attached hydrogens (tertiary/aromatic N) is 1. The van der Waals surface area contributed by atoms with E-state index in [2.05, 4.69) is 5.32 Å². The maximum absolute atomic E-state index is 13.2. The summed E-state index contributed by atoms with van der Waals surface area (Å²) in [6.07, 6.45) is 1.01. The number of fused-ring (bicyclic) bond motifs is 1. The third kappa shape index (κ3) is 4.23. The lowest BCUT2D eigenvalue weighted by atomic mass is 9.79. The minimum atomic E-state index is -1.42. The highest BCUT2D eigenvalue weighted by molar-refractivity contribution is 6.01. The molecular formula is C25H28N2O5. The zero-order valence-electron chi connectivity index (χ0n) is 19.1. The highest BCUT2D eigenvalue weighted by atomic mass is 16.4. The van der Waals surface area contributed by atoms with E-state index < -0.39 is 23.0 Å². The molecule has 7 nitrogen and oxygen atoms in total. The van der Waals surface area contributed by atoms with E-state index in [1.165, 1.54) is 6.07 Å². The van der Waals surface area contributed by atoms with Gasteiger partial charge in [-0.05, 0) is 34.6 Å². The van der Waals surface area contributed by atoms with Crippen LogP contribution in [0.25, 0.3) is 10.9 Å². The van der Waals surface area contributed by atoms with Crippen LogP contribution in [-0.4, -0.2) is 26.8 Å². The Kier molecular flexibility index (Phi) is 5.64. The number of carbonyl (C=O) groups excluding carboxylic acids is 1. The second kappa shape index (κ2) is 7.82. The van der Waals surface area contributed by atoms with Crippen molar-refractivity contribution in [3.05, 3.63) is 69.5 Å². The van der Waals surface area contributed by atoms with Crippen LogP contribution in [-0.2, 0) is 10.8 Å². The molecule has 0 saturated heterocycles. The molecule has 168 valence electrons. The lowest BCUT2D eigenvalue weighted by Crippen LogP contribution is -2.26. The second-order valence-electron chi connectivity index (χ2n) is 9.91. The molecule has 7 heteroatoms. The number of hydrogen-bond donors (Lipinski definition) is 3. The number of carboxylic acid groups (broad SMARTS) is 1. The summed E-state index contributed by atoms with van der Waals surface area (Å²) < 4.78 is 1.08. The quantitative estimate of drug-likeness (QED) is 0.486. The van der Waals surface area contributed by atoms with Gasteiger partial charge < -0.3 is 15.5 Å². The van der Waals surface area contributed by atoms with Gasteiger partial charge in [0.1, 0.15) is 11.3 Å². The molecule has 1 heterocycles. The smallest absolute Gasteiger partial charge is 0.341 e. The average molecular weight is 437 g/mol. The van der Waals surface area contributed by atoms with Crippen LogP contribution in [0.15, 0.2) is 47.4 Å². The Hall–Kier alpha value is -3.61. The third-order valence-corrected chi connectivity index (χ3v) is 5.39. The van der Waals surface area contributed by atoms with E-state index in [-0.39, 0.29) is 33.2 Å². The van der Waals surface area contributed by atoms with Crippen molar-refractivity contribution in [3.63, 3.8) is 0 Å². The molecule has 0 aliphatic carbocycles. The van der Waals surface area contributed by atoms with E-state index >= 15 is 0 Å². The molecule has 0 spiro atoms. The van der Waals surface area contributed by atoms with Crippen molar-refractivity contribution < 1.29 is 19.8 Å². The summed E-state index contributed by atoms with van der Waals surface area (Å²) in [4.78, 5) is 37.3. The molecule has 3 rings (SSSR count). The van der Waals surface area contributed by atoms with Gasteiger partial charge in [-0.1, -0.05) is 59.7 Å². The monoisotopic (exact) mass is 436 g/mol. The van der Waals surface area contributed by atoms with Gasteiger partial charge in [0.2, 0.25) is 5.43 Å². The summed E-state index contributed by atoms with van der Waals surface area (Å²) in [5, 5.41) is 23.2. The zero-order valence-corrected chi connectivity index (χ0v) is 19.1. The molecule has 1 aromatic heterocycles. The predicted octanol–water partition coefficient (Wildman–Crippen LogP) is 5.08. The van der Waals surface area contributed by atoms with Crippen LogP contribution >= 0.6 is 0 Å². The van der Waals surface area contributed by atoms with Gasteiger partial charge in [-0.15, -0.1) is 0 Å². The van der Waals surface area contributed by atoms with Gasteiger partial charge in [-0.3, -0.25) is 9.36 Å². The number of anilines is 1. The number of aromatic hydroxyl groups is 1. The first kappa shape index (κ1) is 23.1. The van der Waals surface area contributed by atoms with Crippen molar-refractivity contribution in [1.82, 2.24) is 4.57 Å². The number of phenols is 1. The van der Waals surface area contributed by atoms with Crippen molar-refractivity contribution >= 4 is 28.6 Å². The molecule has 0 radical (unpaired) electrons. The zero-order chi connectivity index (χ0) is 24.0. The molecule has 3 aromatic rings. The Morgan fingerprint density at radius 3 is 2.16 bits per heavy atom. The van der Waals surface area contributed by atoms with E-state index in [9.17, 15) is 24.6 Å². The number of benzene rings is 2. The molecule has 32 heavy (non-hydrogen) atoms. The summed E-state index contributed by atoms with van der Waals surface area (Å²) >= 11 is 0. The van der Waals surface area contributed by atoms with Crippen LogP contribution < -0.4 is 10.7 Å². The number of carboxylic acids is 1. The van der Waals surface area contributed by atoms with Crippen LogP contribution in [0.3, 0.4) is 0 Å². The van der Waals surface area contributed by atoms with Crippen LogP contribution in [0.5, 0.6) is 5.75 Å². The minimum absolute atomic E-state index is 0.0531. The number of pyridine rings is 1. The van der Waals surface area contributed by atoms with E-state index in [0.717, 1.165) is 16.3 Å². The van der Waals surface area contributed by atoms with Gasteiger partial charge in [-0.2, -0.15) is 0 Å². The van der Waals surface area contributed by atoms with Crippen molar-refractivity contribution in [2.24, 2.45) is 0 Å². The SMILES string of the molecule is CC(C)(C)c1cc(NC(=O)n2cc(C(=O)O)c(=O)c3ccccc32)c(O)c(C(C)(C)C)c1. The number of aromatic carboxylic acids is 1. The Morgan fingerprint density at radius 1 is 0.969 bits per heavy atom. The number of aromatic nitrogens is 1. The van der Waals surface area contributed by atoms with Crippen molar-refractivity contribution in [2.45, 2.75) is 52.4 Å². The maximum atomic E-state index is 13.2.